The maximum absolute atomic E-state index is 12.3. The number of hydrogen-bond donors (Lipinski definition) is 2. The van der Waals surface area contributed by atoms with Crippen LogP contribution in [-0.2, 0) is 11.2 Å². The lowest BCUT2D eigenvalue weighted by atomic mass is 9.95. The summed E-state index contributed by atoms with van der Waals surface area (Å²) in [6.07, 6.45) is 1.01. The lowest BCUT2D eigenvalue weighted by Crippen LogP contribution is -2.33. The molecule has 0 aliphatic carbocycles. The zero-order valence-electron chi connectivity index (χ0n) is 14.6. The van der Waals surface area contributed by atoms with Crippen molar-refractivity contribution < 1.29 is 4.79 Å². The summed E-state index contributed by atoms with van der Waals surface area (Å²) < 4.78 is 1.39. The number of hydrogen-bond acceptors (Lipinski definition) is 5. The van der Waals surface area contributed by atoms with E-state index in [0.29, 0.717) is 16.9 Å². The first-order valence-electron chi connectivity index (χ1n) is 8.10. The fourth-order valence-corrected chi connectivity index (χ4v) is 3.10. The van der Waals surface area contributed by atoms with E-state index in [2.05, 4.69) is 60.6 Å². The molecule has 1 amide bonds. The number of carbonyl (C=O) groups excluding carboxylic acids is 1. The van der Waals surface area contributed by atoms with Crippen LogP contribution in [0.25, 0.3) is 0 Å². The summed E-state index contributed by atoms with van der Waals surface area (Å²) in [6, 6.07) is 8.41. The van der Waals surface area contributed by atoms with Gasteiger partial charge >= 0.3 is 0 Å². The van der Waals surface area contributed by atoms with Gasteiger partial charge < -0.3 is 11.2 Å². The Morgan fingerprint density at radius 3 is 2.46 bits per heavy atom. The Balaban J connectivity index is 1.99. The average molecular weight is 347 g/mol. The predicted molar refractivity (Wildman–Crippen MR) is 97.2 cm³/mol. The van der Waals surface area contributed by atoms with Crippen molar-refractivity contribution in [2.45, 2.75) is 45.3 Å². The van der Waals surface area contributed by atoms with Gasteiger partial charge in [0.1, 0.15) is 5.82 Å². The highest BCUT2D eigenvalue weighted by atomic mass is 32.2. The summed E-state index contributed by atoms with van der Waals surface area (Å²) in [5, 5.41) is 11.5. The van der Waals surface area contributed by atoms with Crippen molar-refractivity contribution in [2.75, 3.05) is 11.6 Å². The maximum atomic E-state index is 12.3. The molecule has 0 saturated carbocycles. The first-order valence-corrected chi connectivity index (χ1v) is 9.09. The number of carbonyl (C=O) groups is 1. The van der Waals surface area contributed by atoms with Crippen LogP contribution in [0.5, 0.6) is 0 Å². The van der Waals surface area contributed by atoms with Crippen molar-refractivity contribution in [2.24, 2.45) is 5.92 Å². The number of thioether (sulfide) groups is 1. The number of aromatic nitrogens is 3. The van der Waals surface area contributed by atoms with Gasteiger partial charge in [0.2, 0.25) is 11.1 Å². The smallest absolute Gasteiger partial charge is 0.230 e. The zero-order chi connectivity index (χ0) is 17.7. The average Bonchev–Trinajstić information content (AvgIpc) is 2.89. The second-order valence-corrected chi connectivity index (χ2v) is 7.02. The van der Waals surface area contributed by atoms with Gasteiger partial charge in [-0.05, 0) is 30.4 Å². The summed E-state index contributed by atoms with van der Waals surface area (Å²) in [4.78, 5) is 12.3. The molecule has 1 heterocycles. The van der Waals surface area contributed by atoms with Crippen LogP contribution in [0.2, 0.25) is 0 Å². The molecule has 2 aromatic rings. The van der Waals surface area contributed by atoms with Gasteiger partial charge in [0.05, 0.1) is 11.8 Å². The molecule has 1 atom stereocenters. The minimum atomic E-state index is -0.0427. The molecule has 0 bridgehead atoms. The van der Waals surface area contributed by atoms with Crippen LogP contribution in [-0.4, -0.2) is 26.5 Å². The molecule has 24 heavy (non-hydrogen) atoms. The van der Waals surface area contributed by atoms with Gasteiger partial charge in [-0.3, -0.25) is 4.79 Å². The number of aryl methyl sites for hydroxylation is 2. The maximum Gasteiger partial charge on any atom is 0.230 e. The van der Waals surface area contributed by atoms with Crippen LogP contribution in [0.3, 0.4) is 0 Å². The molecule has 1 aromatic heterocycles. The molecule has 1 aromatic carbocycles. The van der Waals surface area contributed by atoms with E-state index in [9.17, 15) is 4.79 Å². The number of rotatable bonds is 7. The summed E-state index contributed by atoms with van der Waals surface area (Å²) in [5.74, 6) is 6.93. The van der Waals surface area contributed by atoms with E-state index in [1.807, 2.05) is 0 Å². The molecule has 130 valence electrons. The van der Waals surface area contributed by atoms with Gasteiger partial charge in [-0.25, -0.2) is 4.68 Å². The third-order valence-electron chi connectivity index (χ3n) is 3.90. The quantitative estimate of drug-likeness (QED) is 0.593. The predicted octanol–water partition coefficient (Wildman–Crippen LogP) is 2.47. The Morgan fingerprint density at radius 1 is 1.29 bits per heavy atom. The second-order valence-electron chi connectivity index (χ2n) is 6.07. The van der Waals surface area contributed by atoms with Gasteiger partial charge in [0.25, 0.3) is 0 Å². The molecule has 3 N–H and O–H groups in total. The Morgan fingerprint density at radius 2 is 1.96 bits per heavy atom. The highest BCUT2D eigenvalue weighted by molar-refractivity contribution is 7.99. The number of nitrogen functional groups attached to an aromatic ring is 1. The molecular weight excluding hydrogens is 322 g/mol. The third kappa shape index (κ3) is 4.50. The Hall–Kier alpha value is -2.02. The van der Waals surface area contributed by atoms with Crippen molar-refractivity contribution in [1.82, 2.24) is 20.2 Å². The zero-order valence-corrected chi connectivity index (χ0v) is 15.4. The highest BCUT2D eigenvalue weighted by Crippen LogP contribution is 2.23. The number of benzene rings is 1. The summed E-state index contributed by atoms with van der Waals surface area (Å²) in [5.41, 5.74) is 2.42. The minimum absolute atomic E-state index is 0.0125. The van der Waals surface area contributed by atoms with E-state index in [4.69, 9.17) is 5.84 Å². The molecule has 0 aliphatic rings. The molecule has 0 saturated heterocycles. The van der Waals surface area contributed by atoms with Crippen molar-refractivity contribution in [1.29, 1.82) is 0 Å². The SMILES string of the molecule is CCc1ccc([C@@H](NC(=O)CSc2nnc(C)n2N)C(C)C)cc1. The monoisotopic (exact) mass is 347 g/mol. The molecule has 0 aliphatic heterocycles. The molecule has 0 unspecified atom stereocenters. The number of amides is 1. The van der Waals surface area contributed by atoms with E-state index >= 15 is 0 Å². The number of nitrogens with two attached hydrogens (primary N) is 1. The number of nitrogens with one attached hydrogen (secondary N) is 1. The molecule has 0 spiro atoms. The van der Waals surface area contributed by atoms with Crippen LogP contribution in [0, 0.1) is 12.8 Å². The molecular formula is C17H25N5OS. The van der Waals surface area contributed by atoms with Gasteiger partial charge in [0.15, 0.2) is 0 Å². The molecule has 0 fully saturated rings. The fraction of sp³-hybridized carbons (Fsp3) is 0.471. The Bertz CT molecular complexity index is 681. The molecule has 0 radical (unpaired) electrons. The van der Waals surface area contributed by atoms with Crippen LogP contribution in [0.4, 0.5) is 0 Å². The van der Waals surface area contributed by atoms with Gasteiger partial charge in [0, 0.05) is 0 Å². The van der Waals surface area contributed by atoms with Crippen LogP contribution >= 0.6 is 11.8 Å². The van der Waals surface area contributed by atoms with Gasteiger partial charge in [-0.2, -0.15) is 0 Å². The number of nitrogens with zero attached hydrogens (tertiary/aromatic N) is 3. The molecule has 2 rings (SSSR count). The van der Waals surface area contributed by atoms with Crippen LogP contribution in [0.1, 0.15) is 43.8 Å². The molecule has 7 heteroatoms. The van der Waals surface area contributed by atoms with Crippen molar-refractivity contribution in [3.8, 4) is 0 Å². The first-order chi connectivity index (χ1) is 11.4. The summed E-state index contributed by atoms with van der Waals surface area (Å²) >= 11 is 1.28. The van der Waals surface area contributed by atoms with E-state index in [1.54, 1.807) is 6.92 Å². The lowest BCUT2D eigenvalue weighted by Gasteiger charge is -2.23. The van der Waals surface area contributed by atoms with Gasteiger partial charge in [-0.1, -0.05) is 56.8 Å². The minimum Gasteiger partial charge on any atom is -0.348 e. The van der Waals surface area contributed by atoms with E-state index in [1.165, 1.54) is 22.0 Å². The largest absolute Gasteiger partial charge is 0.348 e. The Kier molecular flexibility index (Phi) is 6.25. The topological polar surface area (TPSA) is 85.8 Å². The third-order valence-corrected chi connectivity index (χ3v) is 4.84. The van der Waals surface area contributed by atoms with E-state index < -0.39 is 0 Å². The van der Waals surface area contributed by atoms with Gasteiger partial charge in [-0.15, -0.1) is 10.2 Å². The Labute approximate surface area is 147 Å². The summed E-state index contributed by atoms with van der Waals surface area (Å²) in [7, 11) is 0. The normalized spacial score (nSPS) is 12.4. The van der Waals surface area contributed by atoms with Crippen LogP contribution < -0.4 is 11.2 Å². The van der Waals surface area contributed by atoms with E-state index in [0.717, 1.165) is 12.0 Å². The lowest BCUT2D eigenvalue weighted by molar-refractivity contribution is -0.119. The van der Waals surface area contributed by atoms with Crippen molar-refractivity contribution >= 4 is 17.7 Å². The fourth-order valence-electron chi connectivity index (χ4n) is 2.39. The standard InChI is InChI=1S/C17H25N5OS/c1-5-13-6-8-14(9-7-13)16(11(2)3)19-15(23)10-24-17-21-20-12(4)22(17)18/h6-9,11,16H,5,10,18H2,1-4H3,(H,19,23)/t16-/m0/s1. The first kappa shape index (κ1) is 18.3. The van der Waals surface area contributed by atoms with Crippen molar-refractivity contribution in [3.05, 3.63) is 41.2 Å². The van der Waals surface area contributed by atoms with Crippen molar-refractivity contribution in [3.63, 3.8) is 0 Å². The van der Waals surface area contributed by atoms with E-state index in [-0.39, 0.29) is 17.7 Å². The highest BCUT2D eigenvalue weighted by Gasteiger charge is 2.19. The second kappa shape index (κ2) is 8.19. The van der Waals surface area contributed by atoms with Crippen LogP contribution in [0.15, 0.2) is 29.4 Å². The molecule has 6 nitrogen and oxygen atoms in total. The summed E-state index contributed by atoms with van der Waals surface area (Å²) in [6.45, 7) is 8.11.